The summed E-state index contributed by atoms with van der Waals surface area (Å²) in [5, 5.41) is 13.3. The van der Waals surface area contributed by atoms with Crippen molar-refractivity contribution in [3.63, 3.8) is 0 Å². The van der Waals surface area contributed by atoms with Gasteiger partial charge in [-0.25, -0.2) is 4.98 Å². The quantitative estimate of drug-likeness (QED) is 0.146. The number of nitro benzene ring substituents is 1. The van der Waals surface area contributed by atoms with Gasteiger partial charge in [0.15, 0.2) is 11.9 Å². The minimum absolute atomic E-state index is 0.107. The number of ketones is 1. The second-order valence-corrected chi connectivity index (χ2v) is 11.1. The third-order valence-electron chi connectivity index (χ3n) is 6.17. The summed E-state index contributed by atoms with van der Waals surface area (Å²) >= 11 is 8.92. The van der Waals surface area contributed by atoms with E-state index in [0.717, 1.165) is 42.2 Å². The summed E-state index contributed by atoms with van der Waals surface area (Å²) < 4.78 is 11.0. The maximum Gasteiger partial charge on any atom is 0.283 e. The molecule has 188 valence electrons. The fourth-order valence-corrected chi connectivity index (χ4v) is 6.70. The van der Waals surface area contributed by atoms with Crippen molar-refractivity contribution in [3.05, 3.63) is 72.7 Å². The second kappa shape index (κ2) is 10.8. The number of halogens is 1. The molecule has 0 N–H and O–H groups in total. The summed E-state index contributed by atoms with van der Waals surface area (Å²) in [6, 6.07) is 8.25. The Morgan fingerprint density at radius 1 is 1.25 bits per heavy atom. The van der Waals surface area contributed by atoms with Gasteiger partial charge in [0, 0.05) is 46.6 Å². The first kappa shape index (κ1) is 25.0. The lowest BCUT2D eigenvalue weighted by Crippen LogP contribution is -2.29. The standard InChI is InChI=1S/C25H24ClN3O5S2/c1-15-24(36-25(27-15)28-7-3-2-4-8-28)22(30)16-5-6-21(20(11-16)29(31)32)35-13-18-10-19(26)9-17-12-33-14-34-23(17)18/h5-6,9-11H,2-4,7-8,12-14H2,1H3. The van der Waals surface area contributed by atoms with Crippen molar-refractivity contribution in [3.8, 4) is 5.75 Å². The lowest BCUT2D eigenvalue weighted by Gasteiger charge is -2.25. The third-order valence-corrected chi connectivity index (χ3v) is 8.72. The predicted molar refractivity (Wildman–Crippen MR) is 141 cm³/mol. The van der Waals surface area contributed by atoms with Gasteiger partial charge < -0.3 is 14.4 Å². The minimum Gasteiger partial charge on any atom is -0.467 e. The number of thioether (sulfide) groups is 1. The van der Waals surface area contributed by atoms with Crippen molar-refractivity contribution in [2.45, 2.75) is 43.4 Å². The molecular formula is C25H24ClN3O5S2. The molecule has 1 saturated heterocycles. The summed E-state index contributed by atoms with van der Waals surface area (Å²) in [6.07, 6.45) is 3.44. The molecule has 0 unspecified atom stereocenters. The third kappa shape index (κ3) is 5.22. The number of aryl methyl sites for hydroxylation is 1. The molecule has 36 heavy (non-hydrogen) atoms. The van der Waals surface area contributed by atoms with Gasteiger partial charge in [0.2, 0.25) is 5.78 Å². The van der Waals surface area contributed by atoms with Crippen molar-refractivity contribution in [1.29, 1.82) is 0 Å². The molecule has 2 aliphatic heterocycles. The molecule has 1 aromatic heterocycles. The maximum atomic E-state index is 13.3. The lowest BCUT2D eigenvalue weighted by molar-refractivity contribution is -0.387. The molecule has 0 spiro atoms. The zero-order chi connectivity index (χ0) is 25.2. The van der Waals surface area contributed by atoms with Crippen LogP contribution in [0.5, 0.6) is 5.75 Å². The fraction of sp³-hybridized carbons (Fsp3) is 0.360. The molecule has 5 rings (SSSR count). The Labute approximate surface area is 221 Å². The average molecular weight is 546 g/mol. The van der Waals surface area contributed by atoms with Gasteiger partial charge in [-0.15, -0.1) is 11.8 Å². The number of nitrogens with zero attached hydrogens (tertiary/aromatic N) is 3. The predicted octanol–water partition coefficient (Wildman–Crippen LogP) is 6.39. The molecule has 3 aromatic rings. The van der Waals surface area contributed by atoms with Crippen LogP contribution in [0.15, 0.2) is 35.2 Å². The fourth-order valence-electron chi connectivity index (χ4n) is 4.39. The summed E-state index contributed by atoms with van der Waals surface area (Å²) in [7, 11) is 0. The molecule has 11 heteroatoms. The average Bonchev–Trinajstić information content (AvgIpc) is 3.28. The molecule has 2 aliphatic rings. The van der Waals surface area contributed by atoms with Crippen molar-refractivity contribution < 1.29 is 19.2 Å². The van der Waals surface area contributed by atoms with E-state index in [-0.39, 0.29) is 23.8 Å². The van der Waals surface area contributed by atoms with Crippen LogP contribution >= 0.6 is 34.7 Å². The highest BCUT2D eigenvalue weighted by Crippen LogP contribution is 2.39. The van der Waals surface area contributed by atoms with E-state index < -0.39 is 4.92 Å². The number of rotatable bonds is 7. The van der Waals surface area contributed by atoms with E-state index >= 15 is 0 Å². The van der Waals surface area contributed by atoms with E-state index in [4.69, 9.17) is 21.1 Å². The number of nitro groups is 1. The Bertz CT molecular complexity index is 1320. The van der Waals surface area contributed by atoms with Gasteiger partial charge in [-0.05, 0) is 50.5 Å². The van der Waals surface area contributed by atoms with Crippen LogP contribution in [0, 0.1) is 17.0 Å². The second-order valence-electron chi connectivity index (χ2n) is 8.68. The van der Waals surface area contributed by atoms with Gasteiger partial charge in [0.25, 0.3) is 5.69 Å². The molecule has 0 atom stereocenters. The summed E-state index contributed by atoms with van der Waals surface area (Å²) in [5.41, 5.74) is 2.52. The highest BCUT2D eigenvalue weighted by Gasteiger charge is 2.25. The van der Waals surface area contributed by atoms with E-state index in [1.165, 1.54) is 35.6 Å². The number of carbonyl (C=O) groups excluding carboxylic acids is 1. The first-order valence-electron chi connectivity index (χ1n) is 11.6. The number of benzene rings is 2. The molecule has 0 aliphatic carbocycles. The van der Waals surface area contributed by atoms with Gasteiger partial charge >= 0.3 is 0 Å². The number of thiazole rings is 1. The van der Waals surface area contributed by atoms with Crippen molar-refractivity contribution >= 4 is 51.3 Å². The first-order chi connectivity index (χ1) is 17.4. The maximum absolute atomic E-state index is 13.3. The molecule has 0 bridgehead atoms. The Morgan fingerprint density at radius 3 is 2.83 bits per heavy atom. The summed E-state index contributed by atoms with van der Waals surface area (Å²) in [5.74, 6) is 0.882. The van der Waals surface area contributed by atoms with Crippen LogP contribution in [-0.4, -0.2) is 35.6 Å². The molecule has 0 amide bonds. The van der Waals surface area contributed by atoms with Crippen LogP contribution in [0.1, 0.15) is 51.3 Å². The Kier molecular flexibility index (Phi) is 7.47. The highest BCUT2D eigenvalue weighted by atomic mass is 35.5. The molecule has 0 radical (unpaired) electrons. The normalized spacial score (nSPS) is 15.3. The number of hydrogen-bond acceptors (Lipinski definition) is 9. The highest BCUT2D eigenvalue weighted by molar-refractivity contribution is 7.98. The van der Waals surface area contributed by atoms with Crippen LogP contribution in [0.25, 0.3) is 0 Å². The van der Waals surface area contributed by atoms with Crippen molar-refractivity contribution in [2.24, 2.45) is 0 Å². The zero-order valence-electron chi connectivity index (χ0n) is 19.6. The minimum atomic E-state index is -0.449. The van der Waals surface area contributed by atoms with Crippen molar-refractivity contribution in [1.82, 2.24) is 4.98 Å². The Morgan fingerprint density at radius 2 is 2.06 bits per heavy atom. The van der Waals surface area contributed by atoms with Gasteiger partial charge in [0.1, 0.15) is 5.75 Å². The number of hydrogen-bond donors (Lipinski definition) is 0. The zero-order valence-corrected chi connectivity index (χ0v) is 22.0. The summed E-state index contributed by atoms with van der Waals surface area (Å²) in [6.45, 7) is 4.24. The van der Waals surface area contributed by atoms with Crippen LogP contribution in [0.2, 0.25) is 5.02 Å². The molecule has 1 fully saturated rings. The van der Waals surface area contributed by atoms with E-state index in [1.54, 1.807) is 24.3 Å². The first-order valence-corrected chi connectivity index (χ1v) is 13.8. The largest absolute Gasteiger partial charge is 0.467 e. The smallest absolute Gasteiger partial charge is 0.283 e. The lowest BCUT2D eigenvalue weighted by atomic mass is 10.1. The van der Waals surface area contributed by atoms with Gasteiger partial charge in [-0.1, -0.05) is 22.9 Å². The van der Waals surface area contributed by atoms with Gasteiger partial charge in [-0.3, -0.25) is 14.9 Å². The number of fused-ring (bicyclic) bond motifs is 1. The van der Waals surface area contributed by atoms with E-state index in [1.807, 2.05) is 6.92 Å². The number of ether oxygens (including phenoxy) is 2. The van der Waals surface area contributed by atoms with E-state index in [2.05, 4.69) is 9.88 Å². The monoisotopic (exact) mass is 545 g/mol. The van der Waals surface area contributed by atoms with Crippen LogP contribution in [0.4, 0.5) is 10.8 Å². The number of piperidine rings is 1. The topological polar surface area (TPSA) is 94.8 Å². The van der Waals surface area contributed by atoms with Gasteiger partial charge in [-0.2, -0.15) is 0 Å². The van der Waals surface area contributed by atoms with E-state index in [0.29, 0.717) is 38.6 Å². The number of anilines is 1. The molecule has 2 aromatic carbocycles. The Balaban J connectivity index is 1.38. The summed E-state index contributed by atoms with van der Waals surface area (Å²) in [4.78, 5) is 32.6. The molecule has 8 nitrogen and oxygen atoms in total. The SMILES string of the molecule is Cc1nc(N2CCCCC2)sc1C(=O)c1ccc(SCc2cc(Cl)cc3c2OCOC3)c([N+](=O)[O-])c1. The number of aromatic nitrogens is 1. The van der Waals surface area contributed by atoms with Crippen LogP contribution in [-0.2, 0) is 17.1 Å². The molecule has 3 heterocycles. The van der Waals surface area contributed by atoms with Crippen LogP contribution < -0.4 is 9.64 Å². The van der Waals surface area contributed by atoms with E-state index in [9.17, 15) is 14.9 Å². The van der Waals surface area contributed by atoms with Crippen molar-refractivity contribution in [2.75, 3.05) is 24.8 Å². The van der Waals surface area contributed by atoms with Crippen LogP contribution in [0.3, 0.4) is 0 Å². The molecular weight excluding hydrogens is 522 g/mol. The Hall–Kier alpha value is -2.66. The molecule has 0 saturated carbocycles. The van der Waals surface area contributed by atoms with Gasteiger partial charge in [0.05, 0.1) is 27.0 Å². The number of carbonyl (C=O) groups is 1.